The predicted molar refractivity (Wildman–Crippen MR) is 264 cm³/mol. The van der Waals surface area contributed by atoms with Crippen LogP contribution < -0.4 is 9.47 Å². The molecular weight excluding hydrogens is 865 g/mol. The van der Waals surface area contributed by atoms with Crippen molar-refractivity contribution in [1.29, 1.82) is 0 Å². The maximum atomic E-state index is 15.0. The van der Waals surface area contributed by atoms with Crippen LogP contribution in [0.1, 0.15) is 87.7 Å². The van der Waals surface area contributed by atoms with Crippen molar-refractivity contribution in [3.05, 3.63) is 133 Å². The number of fused-ring (bicyclic) bond motifs is 3. The molecule has 2 aliphatic carbocycles. The molecule has 2 N–H and O–H groups in total. The Bertz CT molecular complexity index is 2360. The molecule has 356 valence electrons. The average Bonchev–Trinajstić information content (AvgIpc) is 3.36. The number of benzene rings is 4. The molecule has 0 bridgehead atoms. The quantitative estimate of drug-likeness (QED) is 0.0340. The number of carbonyl (C=O) groups excluding carboxylic acids is 1. The van der Waals surface area contributed by atoms with Gasteiger partial charge in [-0.15, -0.1) is 24.9 Å². The van der Waals surface area contributed by atoms with E-state index >= 15 is 4.79 Å². The normalized spacial score (nSPS) is 24.7. The van der Waals surface area contributed by atoms with Crippen LogP contribution in [0.25, 0.3) is 10.8 Å². The summed E-state index contributed by atoms with van der Waals surface area (Å²) in [5.41, 5.74) is 3.56. The predicted octanol–water partition coefficient (Wildman–Crippen LogP) is 11.7. The molecule has 4 aromatic carbocycles. The monoisotopic (exact) mass is 930 g/mol. The van der Waals surface area contributed by atoms with Gasteiger partial charge in [-0.2, -0.15) is 0 Å². The number of aliphatic hydroxyl groups is 2. The second-order valence-electron chi connectivity index (χ2n) is 17.9. The molecule has 0 aromatic heterocycles. The number of hydrogen-bond donors (Lipinski definition) is 2. The number of thioether (sulfide) groups is 1. The minimum absolute atomic E-state index is 0.0399. The number of aliphatic hydroxyl groups excluding tert-OH is 2. The van der Waals surface area contributed by atoms with Crippen molar-refractivity contribution in [2.45, 2.75) is 106 Å². The Morgan fingerprint density at radius 2 is 1.73 bits per heavy atom. The van der Waals surface area contributed by atoms with Crippen LogP contribution in [0.2, 0.25) is 0 Å². The molecule has 2 fully saturated rings. The number of nitrogens with zero attached hydrogens (tertiary/aromatic N) is 2. The molecule has 7 atom stereocenters. The summed E-state index contributed by atoms with van der Waals surface area (Å²) in [5.74, 6) is -0.0748. The van der Waals surface area contributed by atoms with Crippen LogP contribution in [-0.4, -0.2) is 84.3 Å². The van der Waals surface area contributed by atoms with E-state index in [-0.39, 0.29) is 57.1 Å². The first-order chi connectivity index (χ1) is 32.9. The molecular formula is C55H66N2O9S. The second kappa shape index (κ2) is 23.3. The molecule has 1 amide bonds. The third-order valence-corrected chi connectivity index (χ3v) is 14.5. The van der Waals surface area contributed by atoms with Gasteiger partial charge in [0.05, 0.1) is 38.0 Å². The van der Waals surface area contributed by atoms with Gasteiger partial charge in [0.2, 0.25) is 12.1 Å². The van der Waals surface area contributed by atoms with Crippen molar-refractivity contribution in [2.24, 2.45) is 22.9 Å². The van der Waals surface area contributed by atoms with Crippen molar-refractivity contribution in [3.63, 3.8) is 0 Å². The number of amides is 1. The minimum Gasteiger partial charge on any atom is -0.459 e. The highest BCUT2D eigenvalue weighted by molar-refractivity contribution is 7.98. The molecule has 2 aliphatic heterocycles. The van der Waals surface area contributed by atoms with Crippen molar-refractivity contribution in [2.75, 3.05) is 39.3 Å². The third-order valence-electron chi connectivity index (χ3n) is 13.7. The van der Waals surface area contributed by atoms with Gasteiger partial charge in [-0.3, -0.25) is 4.90 Å². The zero-order chi connectivity index (χ0) is 46.6. The number of rotatable bonds is 22. The van der Waals surface area contributed by atoms with E-state index in [9.17, 15) is 10.2 Å². The summed E-state index contributed by atoms with van der Waals surface area (Å²) in [6.45, 7) is 9.25. The Morgan fingerprint density at radius 3 is 2.49 bits per heavy atom. The highest BCUT2D eigenvalue weighted by Gasteiger charge is 2.66. The maximum Gasteiger partial charge on any atom is 0.410 e. The molecule has 0 spiro atoms. The summed E-state index contributed by atoms with van der Waals surface area (Å²) in [6.07, 6.45) is 14.8. The standard InChI is InChI=1S/C55H66N2O9S/c1-4-6-32-62-54(60)57(37-40-19-15-18-38-16-7-8-20-44(38)40)50-36-48(56-66-51-22-11-14-33-61-51)46-34-39(17-9-12-29-58)45(21-10-13-30-59)52-47-35-42(64-41-23-26-43(67-3)27-24-41)25-28-49(47)65-55(50,53(46)52)63-31-5-2/h4-5,7-8,15-16,18-20,23-28,34-35,39,45,50-53,58-59H,1-2,6,9-14,17,21-22,29-33,36-37H2,3H3/t39-,45+,50-,51?,52+,53+,55+/m0/s1. The van der Waals surface area contributed by atoms with Gasteiger partial charge >= 0.3 is 6.09 Å². The summed E-state index contributed by atoms with van der Waals surface area (Å²) < 4.78 is 33.5. The SMILES string of the molecule is C=CCCOC(=O)N(Cc1cccc2ccccc12)[C@H]1CC(=NOC2CCCCO2)C2=C[C@H](CCCCO)[C@@H](CCCCO)[C@@H]3c4cc(Oc5ccc(SC)cc5)ccc4O[C@@]1(OCC=C)[C@H]23. The van der Waals surface area contributed by atoms with Crippen molar-refractivity contribution in [1.82, 2.24) is 4.90 Å². The third kappa shape index (κ3) is 10.9. The Labute approximate surface area is 399 Å². The van der Waals surface area contributed by atoms with Gasteiger partial charge in [-0.05, 0) is 127 Å². The van der Waals surface area contributed by atoms with Crippen molar-refractivity contribution in [3.8, 4) is 17.2 Å². The fraction of sp³-hybridized carbons (Fsp3) is 0.455. The fourth-order valence-corrected chi connectivity index (χ4v) is 11.0. The van der Waals surface area contributed by atoms with Gasteiger partial charge in [0.1, 0.15) is 23.3 Å². The van der Waals surface area contributed by atoms with Gasteiger partial charge in [0, 0.05) is 42.4 Å². The van der Waals surface area contributed by atoms with Crippen LogP contribution in [0.15, 0.2) is 132 Å². The summed E-state index contributed by atoms with van der Waals surface area (Å²) >= 11 is 1.68. The fourth-order valence-electron chi connectivity index (χ4n) is 10.6. The summed E-state index contributed by atoms with van der Waals surface area (Å²) in [5, 5.41) is 27.2. The molecule has 0 radical (unpaired) electrons. The molecule has 4 aliphatic rings. The van der Waals surface area contributed by atoms with E-state index in [1.54, 1.807) is 28.8 Å². The number of carbonyl (C=O) groups is 1. The molecule has 1 saturated carbocycles. The number of oxime groups is 1. The number of unbranched alkanes of at least 4 members (excludes halogenated alkanes) is 2. The molecule has 12 heteroatoms. The van der Waals surface area contributed by atoms with Crippen molar-refractivity contribution < 1.29 is 43.5 Å². The molecule has 67 heavy (non-hydrogen) atoms. The number of hydrogen-bond acceptors (Lipinski definition) is 11. The highest BCUT2D eigenvalue weighted by Crippen LogP contribution is 2.62. The van der Waals surface area contributed by atoms with Crippen molar-refractivity contribution >= 4 is 34.3 Å². The maximum absolute atomic E-state index is 15.0. The number of allylic oxidation sites excluding steroid dienone is 1. The Morgan fingerprint density at radius 1 is 0.940 bits per heavy atom. The summed E-state index contributed by atoms with van der Waals surface area (Å²) in [6, 6.07) is 27.6. The highest BCUT2D eigenvalue weighted by atomic mass is 32.2. The first-order valence-electron chi connectivity index (χ1n) is 24.1. The molecule has 8 rings (SSSR count). The number of ether oxygens (including phenoxy) is 5. The van der Waals surface area contributed by atoms with E-state index in [0.29, 0.717) is 43.1 Å². The zero-order valence-electron chi connectivity index (χ0n) is 38.8. The Kier molecular flexibility index (Phi) is 16.8. The van der Waals surface area contributed by atoms with Gasteiger partial charge in [-0.25, -0.2) is 4.79 Å². The van der Waals surface area contributed by atoms with Crippen LogP contribution >= 0.6 is 11.8 Å². The lowest BCUT2D eigenvalue weighted by Gasteiger charge is -2.60. The summed E-state index contributed by atoms with van der Waals surface area (Å²) in [7, 11) is 0. The van der Waals surface area contributed by atoms with Crippen LogP contribution in [0, 0.1) is 17.8 Å². The van der Waals surface area contributed by atoms with Crippen LogP contribution in [-0.2, 0) is 25.6 Å². The Balaban J connectivity index is 1.34. The second-order valence-corrected chi connectivity index (χ2v) is 18.8. The van der Waals surface area contributed by atoms with Crippen LogP contribution in [0.4, 0.5) is 4.79 Å². The first-order valence-corrected chi connectivity index (χ1v) is 25.3. The van der Waals surface area contributed by atoms with Gasteiger partial charge in [0.25, 0.3) is 0 Å². The van der Waals surface area contributed by atoms with Gasteiger partial charge in [-0.1, -0.05) is 78.7 Å². The largest absolute Gasteiger partial charge is 0.459 e. The van der Waals surface area contributed by atoms with E-state index in [2.05, 4.69) is 68.0 Å². The van der Waals surface area contributed by atoms with E-state index in [4.69, 9.17) is 33.7 Å². The molecule has 1 saturated heterocycles. The average molecular weight is 931 g/mol. The lowest BCUT2D eigenvalue weighted by Crippen LogP contribution is -2.70. The molecule has 11 nitrogen and oxygen atoms in total. The first kappa shape index (κ1) is 48.4. The molecule has 4 aromatic rings. The van der Waals surface area contributed by atoms with E-state index in [0.717, 1.165) is 83.1 Å². The smallest absolute Gasteiger partial charge is 0.410 e. The zero-order valence-corrected chi connectivity index (χ0v) is 39.6. The molecule has 1 unspecified atom stereocenters. The lowest BCUT2D eigenvalue weighted by molar-refractivity contribution is -0.256. The van der Waals surface area contributed by atoms with Gasteiger partial charge in [0.15, 0.2) is 0 Å². The van der Waals surface area contributed by atoms with Crippen LogP contribution in [0.5, 0.6) is 17.2 Å². The van der Waals surface area contributed by atoms with E-state index in [1.807, 2.05) is 42.5 Å². The van der Waals surface area contributed by atoms with Gasteiger partial charge < -0.3 is 38.7 Å². The van der Waals surface area contributed by atoms with Crippen LogP contribution in [0.3, 0.4) is 0 Å². The van der Waals surface area contributed by atoms with E-state index < -0.39 is 30.1 Å². The summed E-state index contributed by atoms with van der Waals surface area (Å²) in [4.78, 5) is 24.3. The Hall–Kier alpha value is -5.11. The lowest BCUT2D eigenvalue weighted by atomic mass is 9.55. The van der Waals surface area contributed by atoms with E-state index in [1.165, 1.54) is 0 Å². The topological polar surface area (TPSA) is 129 Å². The molecule has 2 heterocycles. The minimum atomic E-state index is -1.47.